The quantitative estimate of drug-likeness (QED) is 0.471. The number of rotatable bonds is 0. The van der Waals surface area contributed by atoms with Crippen LogP contribution in [0.2, 0.25) is 0 Å². The first-order valence-corrected chi connectivity index (χ1v) is 2.92. The summed E-state index contributed by atoms with van der Waals surface area (Å²) in [6.45, 7) is 0.895. The smallest absolute Gasteiger partial charge is 0.220 e. The molecular weight excluding hydrogens is 102 g/mol. The summed E-state index contributed by atoms with van der Waals surface area (Å²) in [4.78, 5) is 10.6. The summed E-state index contributed by atoms with van der Waals surface area (Å²) >= 11 is 0. The highest BCUT2D eigenvalue weighted by Gasteiger charge is 2.48. The maximum absolute atomic E-state index is 10.6. The molecule has 43 valence electrons. The van der Waals surface area contributed by atoms with Gasteiger partial charge in [-0.3, -0.25) is 4.79 Å². The maximum atomic E-state index is 10.6. The van der Waals surface area contributed by atoms with E-state index in [1.54, 1.807) is 0 Å². The van der Waals surface area contributed by atoms with Gasteiger partial charge in [-0.2, -0.15) is 0 Å². The Hall–Kier alpha value is -0.530. The molecule has 1 saturated heterocycles. The number of carbonyl (C=O) groups excluding carboxylic acids is 1. The molecule has 1 amide bonds. The zero-order chi connectivity index (χ0) is 5.61. The third kappa shape index (κ3) is 0.457. The molecule has 1 spiro atoms. The Bertz CT molecular complexity index is 137. The SMILES string of the molecule is O=C1CC2([CH]C2)CN1. The third-order valence-electron chi connectivity index (χ3n) is 1.93. The van der Waals surface area contributed by atoms with Gasteiger partial charge in [-0.1, -0.05) is 0 Å². The van der Waals surface area contributed by atoms with Crippen LogP contribution >= 0.6 is 0 Å². The molecule has 2 fully saturated rings. The van der Waals surface area contributed by atoms with Gasteiger partial charge in [0.25, 0.3) is 0 Å². The van der Waals surface area contributed by atoms with Crippen molar-refractivity contribution in [2.75, 3.05) is 6.54 Å². The van der Waals surface area contributed by atoms with Gasteiger partial charge in [0.2, 0.25) is 5.91 Å². The second-order valence-corrected chi connectivity index (χ2v) is 2.72. The summed E-state index contributed by atoms with van der Waals surface area (Å²) in [7, 11) is 0. The Morgan fingerprint density at radius 3 is 2.75 bits per heavy atom. The van der Waals surface area contributed by atoms with Crippen molar-refractivity contribution in [3.63, 3.8) is 0 Å². The third-order valence-corrected chi connectivity index (χ3v) is 1.93. The summed E-state index contributed by atoms with van der Waals surface area (Å²) in [6.07, 6.45) is 4.10. The molecule has 1 N–H and O–H groups in total. The van der Waals surface area contributed by atoms with E-state index in [0.717, 1.165) is 19.4 Å². The average Bonchev–Trinajstić information content (AvgIpc) is 2.34. The lowest BCUT2D eigenvalue weighted by molar-refractivity contribution is -0.119. The van der Waals surface area contributed by atoms with E-state index in [9.17, 15) is 4.79 Å². The fourth-order valence-corrected chi connectivity index (χ4v) is 1.15. The van der Waals surface area contributed by atoms with Crippen LogP contribution in [0.3, 0.4) is 0 Å². The summed E-state index contributed by atoms with van der Waals surface area (Å²) in [6, 6.07) is 0. The van der Waals surface area contributed by atoms with Crippen LogP contribution in [0, 0.1) is 11.8 Å². The van der Waals surface area contributed by atoms with E-state index in [1.165, 1.54) is 0 Å². The highest BCUT2D eigenvalue weighted by atomic mass is 16.1. The number of carbonyl (C=O) groups is 1. The number of nitrogens with one attached hydrogen (secondary N) is 1. The van der Waals surface area contributed by atoms with Gasteiger partial charge in [-0.25, -0.2) is 0 Å². The Kier molecular flexibility index (Phi) is 0.581. The van der Waals surface area contributed by atoms with Crippen LogP contribution in [0.15, 0.2) is 0 Å². The molecule has 1 unspecified atom stereocenters. The van der Waals surface area contributed by atoms with Crippen LogP contribution in [0.5, 0.6) is 0 Å². The normalized spacial score (nSPS) is 30.8. The Balaban J connectivity index is 2.13. The highest BCUT2D eigenvalue weighted by Crippen LogP contribution is 2.49. The first kappa shape index (κ1) is 4.36. The van der Waals surface area contributed by atoms with Crippen LogP contribution in [0.1, 0.15) is 12.8 Å². The molecule has 1 aliphatic carbocycles. The first-order valence-electron chi connectivity index (χ1n) is 2.92. The van der Waals surface area contributed by atoms with E-state index >= 15 is 0 Å². The van der Waals surface area contributed by atoms with Crippen molar-refractivity contribution in [2.45, 2.75) is 12.8 Å². The molecule has 0 bridgehead atoms. The zero-order valence-electron chi connectivity index (χ0n) is 4.61. The van der Waals surface area contributed by atoms with Crippen molar-refractivity contribution in [2.24, 2.45) is 5.41 Å². The van der Waals surface area contributed by atoms with Crippen molar-refractivity contribution in [1.29, 1.82) is 0 Å². The van der Waals surface area contributed by atoms with Gasteiger partial charge >= 0.3 is 0 Å². The molecule has 1 radical (unpaired) electrons. The number of hydrogen-bond donors (Lipinski definition) is 1. The number of hydrogen-bond acceptors (Lipinski definition) is 1. The molecule has 2 heteroatoms. The van der Waals surface area contributed by atoms with Crippen LogP contribution in [0.4, 0.5) is 0 Å². The molecule has 0 aromatic heterocycles. The minimum absolute atomic E-state index is 0.221. The van der Waals surface area contributed by atoms with Crippen molar-refractivity contribution in [3.05, 3.63) is 6.42 Å². The predicted octanol–water partition coefficient (Wildman–Crippen LogP) is 0.101. The molecular formula is C6H8NO. The van der Waals surface area contributed by atoms with Crippen molar-refractivity contribution in [1.82, 2.24) is 5.32 Å². The van der Waals surface area contributed by atoms with Gasteiger partial charge in [0.15, 0.2) is 0 Å². The molecule has 2 aliphatic rings. The van der Waals surface area contributed by atoms with Gasteiger partial charge in [-0.05, 0) is 18.3 Å². The van der Waals surface area contributed by atoms with E-state index in [2.05, 4.69) is 11.7 Å². The van der Waals surface area contributed by atoms with E-state index in [1.807, 2.05) is 0 Å². The van der Waals surface area contributed by atoms with E-state index < -0.39 is 0 Å². The molecule has 1 atom stereocenters. The lowest BCUT2D eigenvalue weighted by Crippen LogP contribution is -2.13. The van der Waals surface area contributed by atoms with E-state index in [-0.39, 0.29) is 5.91 Å². The maximum Gasteiger partial charge on any atom is 0.220 e. The van der Waals surface area contributed by atoms with Crippen molar-refractivity contribution >= 4 is 5.91 Å². The topological polar surface area (TPSA) is 29.1 Å². The zero-order valence-corrected chi connectivity index (χ0v) is 4.61. The van der Waals surface area contributed by atoms with Crippen molar-refractivity contribution in [3.8, 4) is 0 Å². The fraction of sp³-hybridized carbons (Fsp3) is 0.667. The molecule has 2 rings (SSSR count). The predicted molar refractivity (Wildman–Crippen MR) is 29.0 cm³/mol. The van der Waals surface area contributed by atoms with Crippen molar-refractivity contribution < 1.29 is 4.79 Å². The molecule has 2 nitrogen and oxygen atoms in total. The second-order valence-electron chi connectivity index (χ2n) is 2.72. The van der Waals surface area contributed by atoms with E-state index in [4.69, 9.17) is 0 Å². The summed E-state index contributed by atoms with van der Waals surface area (Å²) < 4.78 is 0. The van der Waals surface area contributed by atoms with Gasteiger partial charge in [0.05, 0.1) is 0 Å². The summed E-state index contributed by atoms with van der Waals surface area (Å²) in [5.74, 6) is 0.221. The summed E-state index contributed by atoms with van der Waals surface area (Å²) in [5, 5.41) is 2.80. The van der Waals surface area contributed by atoms with Crippen LogP contribution in [0.25, 0.3) is 0 Å². The van der Waals surface area contributed by atoms with Crippen LogP contribution < -0.4 is 5.32 Å². The Morgan fingerprint density at radius 2 is 2.50 bits per heavy atom. The highest BCUT2D eigenvalue weighted by molar-refractivity contribution is 5.80. The summed E-state index contributed by atoms with van der Waals surface area (Å²) in [5.41, 5.74) is 0.330. The molecule has 1 aliphatic heterocycles. The first-order chi connectivity index (χ1) is 3.81. The largest absolute Gasteiger partial charge is 0.356 e. The minimum Gasteiger partial charge on any atom is -0.356 e. The molecule has 8 heavy (non-hydrogen) atoms. The Morgan fingerprint density at radius 1 is 1.75 bits per heavy atom. The van der Waals surface area contributed by atoms with Crippen LogP contribution in [-0.4, -0.2) is 12.5 Å². The monoisotopic (exact) mass is 110 g/mol. The Labute approximate surface area is 48.3 Å². The van der Waals surface area contributed by atoms with Gasteiger partial charge in [0, 0.05) is 13.0 Å². The molecule has 0 aromatic rings. The van der Waals surface area contributed by atoms with E-state index in [0.29, 0.717) is 5.41 Å². The lowest BCUT2D eigenvalue weighted by atomic mass is 10.1. The lowest BCUT2D eigenvalue weighted by Gasteiger charge is -1.94. The average molecular weight is 110 g/mol. The molecule has 0 aromatic carbocycles. The van der Waals surface area contributed by atoms with Crippen LogP contribution in [-0.2, 0) is 4.79 Å². The van der Waals surface area contributed by atoms with Gasteiger partial charge in [-0.15, -0.1) is 0 Å². The van der Waals surface area contributed by atoms with Gasteiger partial charge in [0.1, 0.15) is 0 Å². The molecule has 1 saturated carbocycles. The second kappa shape index (κ2) is 1.07. The standard InChI is InChI=1S/C6H8NO/c8-5-3-6(1-2-6)4-7-5/h1H,2-4H2,(H,7,8). The number of amides is 1. The van der Waals surface area contributed by atoms with Gasteiger partial charge < -0.3 is 5.32 Å². The fourth-order valence-electron chi connectivity index (χ4n) is 1.15. The molecule has 1 heterocycles. The minimum atomic E-state index is 0.221.